The molecule has 0 bridgehead atoms. The van der Waals surface area contributed by atoms with Gasteiger partial charge in [-0.25, -0.2) is 0 Å². The van der Waals surface area contributed by atoms with Crippen molar-refractivity contribution in [2.75, 3.05) is 0 Å². The lowest BCUT2D eigenvalue weighted by Gasteiger charge is -2.04. The van der Waals surface area contributed by atoms with E-state index in [-0.39, 0.29) is 20.8 Å². The minimum Gasteiger partial charge on any atom is -0.171 e. The molecule has 4 heteroatoms. The van der Waals surface area contributed by atoms with E-state index < -0.39 is 12.1 Å². The highest BCUT2D eigenvalue weighted by molar-refractivity contribution is 5.75. The molecule has 1 aromatic carbocycles. The molecule has 0 N–H and O–H groups in total. The van der Waals surface area contributed by atoms with Gasteiger partial charge in [0.25, 0.3) is 0 Å². The zero-order valence-corrected chi connectivity index (χ0v) is 7.46. The molecule has 0 spiro atoms. The Morgan fingerprint density at radius 2 is 1.64 bits per heavy atom. The van der Waals surface area contributed by atoms with Gasteiger partial charge in [0, 0.05) is 8.41 Å². The smallest absolute Gasteiger partial charge is 0.171 e. The number of hydrogen-bond acceptors (Lipinski definition) is 0. The van der Waals surface area contributed by atoms with Crippen molar-refractivity contribution in [2.45, 2.75) is 18.5 Å². The van der Waals surface area contributed by atoms with E-state index in [2.05, 4.69) is 0 Å². The first kappa shape index (κ1) is 11.2. The molecule has 3 radical (unpaired) electrons. The molecular formula is C10H9BF3. The minimum absolute atomic E-state index is 0. The summed E-state index contributed by atoms with van der Waals surface area (Å²) < 4.78 is 36.5. The SMILES string of the molecule is FC(F)(F)C1CC1c1ccccc1.[B]. The highest BCUT2D eigenvalue weighted by Gasteiger charge is 2.55. The van der Waals surface area contributed by atoms with E-state index in [1.807, 2.05) is 6.07 Å². The second kappa shape index (κ2) is 3.68. The van der Waals surface area contributed by atoms with Crippen LogP contribution in [0, 0.1) is 5.92 Å². The summed E-state index contributed by atoms with van der Waals surface area (Å²) in [4.78, 5) is 0. The largest absolute Gasteiger partial charge is 0.392 e. The van der Waals surface area contributed by atoms with Crippen molar-refractivity contribution < 1.29 is 13.2 Å². The normalized spacial score (nSPS) is 25.4. The van der Waals surface area contributed by atoms with Crippen molar-refractivity contribution in [1.82, 2.24) is 0 Å². The van der Waals surface area contributed by atoms with Gasteiger partial charge in [-0.1, -0.05) is 30.3 Å². The molecule has 2 rings (SSSR count). The Morgan fingerprint density at radius 1 is 1.07 bits per heavy atom. The molecule has 0 aliphatic heterocycles. The van der Waals surface area contributed by atoms with Crippen LogP contribution in [0.15, 0.2) is 30.3 Å². The zero-order chi connectivity index (χ0) is 9.47. The van der Waals surface area contributed by atoms with Crippen LogP contribution in [0.5, 0.6) is 0 Å². The highest BCUT2D eigenvalue weighted by atomic mass is 19.4. The Morgan fingerprint density at radius 3 is 2.07 bits per heavy atom. The van der Waals surface area contributed by atoms with Gasteiger partial charge in [-0.2, -0.15) is 13.2 Å². The topological polar surface area (TPSA) is 0 Å². The van der Waals surface area contributed by atoms with Crippen LogP contribution in [0.4, 0.5) is 13.2 Å². The fourth-order valence-electron chi connectivity index (χ4n) is 1.63. The van der Waals surface area contributed by atoms with Crippen LogP contribution in [0.2, 0.25) is 0 Å². The number of rotatable bonds is 1. The van der Waals surface area contributed by atoms with Crippen LogP contribution in [0.3, 0.4) is 0 Å². The van der Waals surface area contributed by atoms with Crippen molar-refractivity contribution in [1.29, 1.82) is 0 Å². The summed E-state index contributed by atoms with van der Waals surface area (Å²) in [5.41, 5.74) is 0.810. The number of benzene rings is 1. The first-order chi connectivity index (χ1) is 6.09. The van der Waals surface area contributed by atoms with Crippen molar-refractivity contribution >= 4 is 8.41 Å². The molecule has 2 atom stereocenters. The third-order valence-electron chi connectivity index (χ3n) is 2.44. The van der Waals surface area contributed by atoms with Gasteiger partial charge in [0.1, 0.15) is 0 Å². The van der Waals surface area contributed by atoms with Gasteiger partial charge in [0.15, 0.2) is 0 Å². The molecule has 0 saturated heterocycles. The third kappa shape index (κ3) is 2.11. The van der Waals surface area contributed by atoms with Crippen LogP contribution in [0.25, 0.3) is 0 Å². The molecule has 0 nitrogen and oxygen atoms in total. The van der Waals surface area contributed by atoms with Crippen LogP contribution in [0.1, 0.15) is 17.9 Å². The maximum atomic E-state index is 12.2. The summed E-state index contributed by atoms with van der Waals surface area (Å²) in [6, 6.07) is 8.89. The molecule has 0 heterocycles. The predicted octanol–water partition coefficient (Wildman–Crippen LogP) is 2.97. The zero-order valence-electron chi connectivity index (χ0n) is 7.46. The Hall–Kier alpha value is -0.925. The Labute approximate surface area is 82.7 Å². The standard InChI is InChI=1S/C10H9F3.B/c11-10(12,13)9-6-8(9)7-4-2-1-3-5-7;/h1-5,8-9H,6H2;. The minimum atomic E-state index is -4.01. The van der Waals surface area contributed by atoms with Crippen LogP contribution < -0.4 is 0 Å². The van der Waals surface area contributed by atoms with Gasteiger partial charge < -0.3 is 0 Å². The van der Waals surface area contributed by atoms with E-state index in [1.165, 1.54) is 0 Å². The molecule has 14 heavy (non-hydrogen) atoms. The highest BCUT2D eigenvalue weighted by Crippen LogP contribution is 2.55. The summed E-state index contributed by atoms with van der Waals surface area (Å²) in [6.45, 7) is 0. The third-order valence-corrected chi connectivity index (χ3v) is 2.44. The van der Waals surface area contributed by atoms with Crippen molar-refractivity contribution in [2.24, 2.45) is 5.92 Å². The average Bonchev–Trinajstić information content (AvgIpc) is 2.83. The Bertz CT molecular complexity index is 294. The first-order valence-electron chi connectivity index (χ1n) is 4.20. The molecule has 1 aliphatic carbocycles. The van der Waals surface area contributed by atoms with E-state index in [4.69, 9.17) is 0 Å². The van der Waals surface area contributed by atoms with E-state index in [1.54, 1.807) is 24.3 Å². The fraction of sp³-hybridized carbons (Fsp3) is 0.400. The van der Waals surface area contributed by atoms with E-state index >= 15 is 0 Å². The van der Waals surface area contributed by atoms with E-state index in [0.717, 1.165) is 5.56 Å². The molecule has 1 aromatic rings. The quantitative estimate of drug-likeness (QED) is 0.607. The second-order valence-electron chi connectivity index (χ2n) is 3.40. The molecule has 1 fully saturated rings. The molecule has 0 aromatic heterocycles. The molecule has 73 valence electrons. The van der Waals surface area contributed by atoms with Crippen LogP contribution >= 0.6 is 0 Å². The van der Waals surface area contributed by atoms with Gasteiger partial charge >= 0.3 is 6.18 Å². The van der Waals surface area contributed by atoms with Crippen molar-refractivity contribution in [3.63, 3.8) is 0 Å². The Balaban J connectivity index is 0.000000980. The summed E-state index contributed by atoms with van der Waals surface area (Å²) in [6.07, 6.45) is -3.76. The van der Waals surface area contributed by atoms with E-state index in [9.17, 15) is 13.2 Å². The van der Waals surface area contributed by atoms with Crippen LogP contribution in [-0.2, 0) is 0 Å². The number of alkyl halides is 3. The van der Waals surface area contributed by atoms with Gasteiger partial charge in [-0.15, -0.1) is 0 Å². The Kier molecular flexibility index (Phi) is 2.93. The second-order valence-corrected chi connectivity index (χ2v) is 3.40. The number of hydrogen-bond donors (Lipinski definition) is 0. The molecule has 2 unspecified atom stereocenters. The molecular weight excluding hydrogens is 188 g/mol. The number of halogens is 3. The monoisotopic (exact) mass is 197 g/mol. The van der Waals surface area contributed by atoms with Crippen molar-refractivity contribution in [3.05, 3.63) is 35.9 Å². The van der Waals surface area contributed by atoms with Gasteiger partial charge in [-0.05, 0) is 17.9 Å². The fourth-order valence-corrected chi connectivity index (χ4v) is 1.63. The summed E-state index contributed by atoms with van der Waals surface area (Å²) in [5, 5.41) is 0. The molecule has 1 saturated carbocycles. The van der Waals surface area contributed by atoms with Gasteiger partial charge in [0.2, 0.25) is 0 Å². The maximum Gasteiger partial charge on any atom is 0.392 e. The lowest BCUT2D eigenvalue weighted by atomic mass is 10.1. The summed E-state index contributed by atoms with van der Waals surface area (Å²) in [5.74, 6) is -1.39. The lowest BCUT2D eigenvalue weighted by molar-refractivity contribution is -0.148. The molecule has 1 aliphatic rings. The lowest BCUT2D eigenvalue weighted by Crippen LogP contribution is -2.11. The summed E-state index contributed by atoms with van der Waals surface area (Å²) >= 11 is 0. The van der Waals surface area contributed by atoms with Gasteiger partial charge in [-0.3, -0.25) is 0 Å². The first-order valence-corrected chi connectivity index (χ1v) is 4.20. The van der Waals surface area contributed by atoms with E-state index in [0.29, 0.717) is 0 Å². The van der Waals surface area contributed by atoms with Gasteiger partial charge in [0.05, 0.1) is 5.92 Å². The predicted molar refractivity (Wildman–Crippen MR) is 49.1 cm³/mol. The van der Waals surface area contributed by atoms with Crippen LogP contribution in [-0.4, -0.2) is 14.6 Å². The maximum absolute atomic E-state index is 12.2. The summed E-state index contributed by atoms with van der Waals surface area (Å²) in [7, 11) is 0. The average molecular weight is 197 g/mol. The van der Waals surface area contributed by atoms with Crippen molar-refractivity contribution in [3.8, 4) is 0 Å². The molecule has 0 amide bonds.